The van der Waals surface area contributed by atoms with Crippen molar-refractivity contribution in [2.24, 2.45) is 5.92 Å². The minimum atomic E-state index is -1.03. The molecule has 2 rings (SSSR count). The molecule has 2 atom stereocenters. The molecular formula is C13H18N2O4. The van der Waals surface area contributed by atoms with Gasteiger partial charge in [0.25, 0.3) is 0 Å². The van der Waals surface area contributed by atoms with Gasteiger partial charge >= 0.3 is 5.97 Å². The van der Waals surface area contributed by atoms with E-state index >= 15 is 0 Å². The molecule has 0 radical (unpaired) electrons. The fourth-order valence-corrected chi connectivity index (χ4v) is 2.27. The van der Waals surface area contributed by atoms with E-state index in [2.05, 4.69) is 5.32 Å². The Kier molecular flexibility index (Phi) is 4.21. The number of carbonyl (C=O) groups is 2. The van der Waals surface area contributed by atoms with Gasteiger partial charge in [-0.3, -0.25) is 4.79 Å². The van der Waals surface area contributed by atoms with E-state index in [9.17, 15) is 9.59 Å². The molecule has 1 aromatic heterocycles. The second-order valence-corrected chi connectivity index (χ2v) is 4.81. The highest BCUT2D eigenvalue weighted by Crippen LogP contribution is 2.16. The fraction of sp³-hybridized carbons (Fsp3) is 0.538. The first kappa shape index (κ1) is 13.6. The van der Waals surface area contributed by atoms with Crippen LogP contribution in [0.25, 0.3) is 0 Å². The maximum atomic E-state index is 11.9. The molecular weight excluding hydrogens is 248 g/mol. The van der Waals surface area contributed by atoms with Crippen molar-refractivity contribution < 1.29 is 19.4 Å². The summed E-state index contributed by atoms with van der Waals surface area (Å²) < 4.78 is 6.71. The molecule has 1 fully saturated rings. The number of carbonyl (C=O) groups excluding carboxylic acids is 1. The van der Waals surface area contributed by atoms with Gasteiger partial charge in [0, 0.05) is 24.8 Å². The van der Waals surface area contributed by atoms with Crippen molar-refractivity contribution >= 4 is 11.9 Å². The first-order valence-corrected chi connectivity index (χ1v) is 6.33. The van der Waals surface area contributed by atoms with E-state index in [0.717, 1.165) is 13.0 Å². The van der Waals surface area contributed by atoms with Gasteiger partial charge in [0.05, 0.1) is 6.61 Å². The molecule has 1 saturated heterocycles. The van der Waals surface area contributed by atoms with Crippen molar-refractivity contribution in [1.29, 1.82) is 0 Å². The average molecular weight is 266 g/mol. The largest absolute Gasteiger partial charge is 0.477 e. The van der Waals surface area contributed by atoms with Crippen LogP contribution in [0.15, 0.2) is 18.3 Å². The smallest absolute Gasteiger partial charge is 0.352 e. The Labute approximate surface area is 111 Å². The third kappa shape index (κ3) is 3.35. The lowest BCUT2D eigenvalue weighted by Gasteiger charge is -2.19. The molecule has 6 nitrogen and oxygen atoms in total. The Morgan fingerprint density at radius 3 is 3.05 bits per heavy atom. The predicted octanol–water partition coefficient (Wildman–Crippen LogP) is 0.727. The van der Waals surface area contributed by atoms with Crippen LogP contribution < -0.4 is 5.32 Å². The minimum Gasteiger partial charge on any atom is -0.477 e. The van der Waals surface area contributed by atoms with Gasteiger partial charge < -0.3 is 19.7 Å². The van der Waals surface area contributed by atoms with Gasteiger partial charge in [0.2, 0.25) is 5.91 Å². The lowest BCUT2D eigenvalue weighted by atomic mass is 10.0. The van der Waals surface area contributed by atoms with Gasteiger partial charge in [-0.1, -0.05) is 0 Å². The van der Waals surface area contributed by atoms with E-state index in [0.29, 0.717) is 12.5 Å². The zero-order valence-electron chi connectivity index (χ0n) is 10.8. The summed E-state index contributed by atoms with van der Waals surface area (Å²) in [7, 11) is 0. The molecule has 6 heteroatoms. The van der Waals surface area contributed by atoms with Crippen LogP contribution in [0.4, 0.5) is 0 Å². The Morgan fingerprint density at radius 2 is 2.42 bits per heavy atom. The highest BCUT2D eigenvalue weighted by molar-refractivity contribution is 5.86. The molecule has 0 spiro atoms. The van der Waals surface area contributed by atoms with E-state index < -0.39 is 5.97 Å². The first-order valence-electron chi connectivity index (χ1n) is 6.33. The number of carboxylic acid groups (broad SMARTS) is 1. The van der Waals surface area contributed by atoms with Gasteiger partial charge in [0.15, 0.2) is 0 Å². The molecule has 2 unspecified atom stereocenters. The van der Waals surface area contributed by atoms with Crippen LogP contribution in [0.3, 0.4) is 0 Å². The predicted molar refractivity (Wildman–Crippen MR) is 67.9 cm³/mol. The van der Waals surface area contributed by atoms with E-state index in [4.69, 9.17) is 9.84 Å². The average Bonchev–Trinajstić information content (AvgIpc) is 2.98. The summed E-state index contributed by atoms with van der Waals surface area (Å²) in [5, 5.41) is 11.8. The lowest BCUT2D eigenvalue weighted by molar-refractivity contribution is -0.122. The normalized spacial score (nSPS) is 20.2. The Morgan fingerprint density at radius 1 is 1.63 bits per heavy atom. The Balaban J connectivity index is 1.90. The summed E-state index contributed by atoms with van der Waals surface area (Å²) in [6.07, 6.45) is 2.54. The summed E-state index contributed by atoms with van der Waals surface area (Å²) in [4.78, 5) is 22.8. The fourth-order valence-electron chi connectivity index (χ4n) is 2.27. The summed E-state index contributed by atoms with van der Waals surface area (Å²) in [6, 6.07) is 3.13. The zero-order chi connectivity index (χ0) is 13.8. The molecule has 2 N–H and O–H groups in total. The molecule has 2 heterocycles. The number of rotatable bonds is 5. The number of carboxylic acids is 1. The highest BCUT2D eigenvalue weighted by atomic mass is 16.5. The second-order valence-electron chi connectivity index (χ2n) is 4.81. The van der Waals surface area contributed by atoms with Crippen LogP contribution in [-0.2, 0) is 16.1 Å². The van der Waals surface area contributed by atoms with E-state index in [1.165, 1.54) is 10.6 Å². The molecule has 0 aromatic carbocycles. The molecule has 19 heavy (non-hydrogen) atoms. The molecule has 0 saturated carbocycles. The number of aromatic carboxylic acids is 1. The van der Waals surface area contributed by atoms with Crippen molar-refractivity contribution in [3.05, 3.63) is 24.0 Å². The summed E-state index contributed by atoms with van der Waals surface area (Å²) in [5.41, 5.74) is 0.118. The maximum absolute atomic E-state index is 11.9. The molecule has 0 aliphatic carbocycles. The molecule has 1 amide bonds. The van der Waals surface area contributed by atoms with Crippen molar-refractivity contribution in [2.75, 3.05) is 13.2 Å². The van der Waals surface area contributed by atoms with Crippen molar-refractivity contribution in [2.45, 2.75) is 25.9 Å². The van der Waals surface area contributed by atoms with E-state index in [1.54, 1.807) is 12.3 Å². The third-order valence-corrected chi connectivity index (χ3v) is 3.42. The van der Waals surface area contributed by atoms with Crippen LogP contribution >= 0.6 is 0 Å². The highest BCUT2D eigenvalue weighted by Gasteiger charge is 2.23. The summed E-state index contributed by atoms with van der Waals surface area (Å²) >= 11 is 0. The number of ether oxygens (including phenoxy) is 1. The zero-order valence-corrected chi connectivity index (χ0v) is 10.8. The van der Waals surface area contributed by atoms with Gasteiger partial charge in [-0.15, -0.1) is 0 Å². The molecule has 1 aliphatic rings. The topological polar surface area (TPSA) is 80.6 Å². The van der Waals surface area contributed by atoms with Crippen LogP contribution in [0.5, 0.6) is 0 Å². The van der Waals surface area contributed by atoms with Crippen LogP contribution in [0.1, 0.15) is 23.8 Å². The minimum absolute atomic E-state index is 0.0204. The number of aromatic nitrogens is 1. The summed E-state index contributed by atoms with van der Waals surface area (Å²) in [6.45, 7) is 3.38. The number of amides is 1. The van der Waals surface area contributed by atoms with Gasteiger partial charge in [0.1, 0.15) is 12.2 Å². The first-order chi connectivity index (χ1) is 9.08. The molecule has 1 aliphatic heterocycles. The van der Waals surface area contributed by atoms with Crippen molar-refractivity contribution in [3.8, 4) is 0 Å². The monoisotopic (exact) mass is 266 g/mol. The van der Waals surface area contributed by atoms with Gasteiger partial charge in [-0.25, -0.2) is 4.79 Å². The summed E-state index contributed by atoms with van der Waals surface area (Å²) in [5.74, 6) is -0.874. The third-order valence-electron chi connectivity index (χ3n) is 3.42. The van der Waals surface area contributed by atoms with Gasteiger partial charge in [-0.05, 0) is 25.5 Å². The van der Waals surface area contributed by atoms with Gasteiger partial charge in [-0.2, -0.15) is 0 Å². The number of nitrogens with one attached hydrogen (secondary N) is 1. The maximum Gasteiger partial charge on any atom is 0.352 e. The van der Waals surface area contributed by atoms with Crippen LogP contribution in [0.2, 0.25) is 0 Å². The lowest BCUT2D eigenvalue weighted by Crippen LogP contribution is -2.40. The van der Waals surface area contributed by atoms with Crippen molar-refractivity contribution in [3.63, 3.8) is 0 Å². The van der Waals surface area contributed by atoms with Crippen molar-refractivity contribution in [1.82, 2.24) is 9.88 Å². The Bertz CT molecular complexity index is 463. The number of nitrogens with zero attached hydrogens (tertiary/aromatic N) is 1. The SMILES string of the molecule is CC(NC(=O)Cn1cccc1C(=O)O)C1CCOC1. The number of hydrogen-bond acceptors (Lipinski definition) is 3. The molecule has 1 aromatic rings. The number of hydrogen-bond donors (Lipinski definition) is 2. The standard InChI is InChI=1S/C13H18N2O4/c1-9(10-4-6-19-8-10)14-12(16)7-15-5-2-3-11(15)13(17)18/h2-3,5,9-10H,4,6-8H2,1H3,(H,14,16)(H,17,18). The van der Waals surface area contributed by atoms with Crippen LogP contribution in [0, 0.1) is 5.92 Å². The molecule has 104 valence electrons. The Hall–Kier alpha value is -1.82. The molecule has 0 bridgehead atoms. The quantitative estimate of drug-likeness (QED) is 0.823. The van der Waals surface area contributed by atoms with E-state index in [-0.39, 0.29) is 24.2 Å². The second kappa shape index (κ2) is 5.88. The van der Waals surface area contributed by atoms with E-state index in [1.807, 2.05) is 6.92 Å². The van der Waals surface area contributed by atoms with Crippen LogP contribution in [-0.4, -0.2) is 40.8 Å².